The number of nitrogens with zero attached hydrogens (tertiary/aromatic N) is 2. The fourth-order valence-electron chi connectivity index (χ4n) is 3.74. The lowest BCUT2D eigenvalue weighted by Crippen LogP contribution is -2.55. The van der Waals surface area contributed by atoms with Gasteiger partial charge in [-0.25, -0.2) is 0 Å². The van der Waals surface area contributed by atoms with Crippen LogP contribution in [-0.2, 0) is 0 Å². The Bertz CT molecular complexity index is 628. The zero-order valence-electron chi connectivity index (χ0n) is 14.3. The molecule has 120 valence electrons. The molecular formula is C17H26N2S2Si. The molecule has 1 aliphatic heterocycles. The number of fused-ring (bicyclic) bond motifs is 3. The SMILES string of the molecule is CCCCC(CC)C[Si]1(C)c2nc(C)sc2-c2sc(C)nc21. The van der Waals surface area contributed by atoms with Crippen molar-refractivity contribution in [2.24, 2.45) is 5.92 Å². The van der Waals surface area contributed by atoms with Crippen LogP contribution < -0.4 is 10.6 Å². The van der Waals surface area contributed by atoms with Crippen LogP contribution in [0.3, 0.4) is 0 Å². The predicted molar refractivity (Wildman–Crippen MR) is 102 cm³/mol. The third-order valence-electron chi connectivity index (χ3n) is 4.96. The second-order valence-electron chi connectivity index (χ2n) is 6.77. The largest absolute Gasteiger partial charge is 0.250 e. The minimum absolute atomic E-state index is 0.833. The van der Waals surface area contributed by atoms with Gasteiger partial charge in [0.1, 0.15) is 0 Å². The summed E-state index contributed by atoms with van der Waals surface area (Å²) in [6.45, 7) is 11.5. The van der Waals surface area contributed by atoms with Crippen LogP contribution in [0.25, 0.3) is 9.75 Å². The van der Waals surface area contributed by atoms with Crippen LogP contribution in [0.2, 0.25) is 12.6 Å². The van der Waals surface area contributed by atoms with Crippen LogP contribution in [0.5, 0.6) is 0 Å². The number of hydrogen-bond acceptors (Lipinski definition) is 4. The van der Waals surface area contributed by atoms with Crippen molar-refractivity contribution in [2.45, 2.75) is 66.0 Å². The van der Waals surface area contributed by atoms with Gasteiger partial charge in [-0.15, -0.1) is 22.7 Å². The third-order valence-corrected chi connectivity index (χ3v) is 11.6. The highest BCUT2D eigenvalue weighted by atomic mass is 32.1. The van der Waals surface area contributed by atoms with E-state index in [0.717, 1.165) is 5.92 Å². The van der Waals surface area contributed by atoms with Crippen molar-refractivity contribution in [3.8, 4) is 9.75 Å². The quantitative estimate of drug-likeness (QED) is 0.711. The zero-order valence-corrected chi connectivity index (χ0v) is 17.0. The Kier molecular flexibility index (Phi) is 4.58. The van der Waals surface area contributed by atoms with E-state index in [1.807, 2.05) is 22.7 Å². The van der Waals surface area contributed by atoms with E-state index >= 15 is 0 Å². The average Bonchev–Trinajstić information content (AvgIpc) is 3.10. The first kappa shape index (κ1) is 16.3. The highest BCUT2D eigenvalue weighted by Gasteiger charge is 2.48. The van der Waals surface area contributed by atoms with Gasteiger partial charge in [-0.2, -0.15) is 0 Å². The molecule has 2 nitrogen and oxygen atoms in total. The molecule has 0 radical (unpaired) electrons. The van der Waals surface area contributed by atoms with E-state index in [-0.39, 0.29) is 0 Å². The van der Waals surface area contributed by atoms with Crippen LogP contribution in [0, 0.1) is 19.8 Å². The molecule has 2 aromatic rings. The van der Waals surface area contributed by atoms with Crippen LogP contribution in [-0.4, -0.2) is 18.0 Å². The van der Waals surface area contributed by atoms with E-state index < -0.39 is 8.07 Å². The van der Waals surface area contributed by atoms with E-state index in [1.165, 1.54) is 62.1 Å². The molecule has 2 aromatic heterocycles. The van der Waals surface area contributed by atoms with Crippen molar-refractivity contribution in [3.63, 3.8) is 0 Å². The molecule has 3 heterocycles. The van der Waals surface area contributed by atoms with Crippen molar-refractivity contribution in [3.05, 3.63) is 10.0 Å². The number of aromatic nitrogens is 2. The third kappa shape index (κ3) is 2.61. The monoisotopic (exact) mass is 350 g/mol. The van der Waals surface area contributed by atoms with E-state index in [0.29, 0.717) is 0 Å². The van der Waals surface area contributed by atoms with Gasteiger partial charge in [0.05, 0.1) is 30.4 Å². The molecule has 5 heteroatoms. The summed E-state index contributed by atoms with van der Waals surface area (Å²) in [7, 11) is -1.72. The zero-order chi connectivity index (χ0) is 15.9. The van der Waals surface area contributed by atoms with Crippen LogP contribution in [0.1, 0.15) is 49.5 Å². The lowest BCUT2D eigenvalue weighted by molar-refractivity contribution is 0.487. The molecule has 0 aliphatic carbocycles. The average molecular weight is 351 g/mol. The summed E-state index contributed by atoms with van der Waals surface area (Å²) in [6, 6.07) is 1.33. The topological polar surface area (TPSA) is 25.8 Å². The maximum Gasteiger partial charge on any atom is 0.165 e. The van der Waals surface area contributed by atoms with E-state index in [1.54, 1.807) is 0 Å². The molecule has 0 amide bonds. The van der Waals surface area contributed by atoms with Crippen molar-refractivity contribution < 1.29 is 0 Å². The molecule has 0 aromatic carbocycles. The molecule has 0 fully saturated rings. The summed E-state index contributed by atoms with van der Waals surface area (Å²) in [5.74, 6) is 0.833. The van der Waals surface area contributed by atoms with Gasteiger partial charge in [-0.05, 0) is 25.8 Å². The Labute approximate surface area is 143 Å². The molecular weight excluding hydrogens is 324 g/mol. The molecule has 1 aliphatic rings. The summed E-state index contributed by atoms with van der Waals surface area (Å²) < 4.78 is 0. The molecule has 1 atom stereocenters. The van der Waals surface area contributed by atoms with Crippen molar-refractivity contribution in [1.82, 2.24) is 9.97 Å². The lowest BCUT2D eigenvalue weighted by Gasteiger charge is -2.26. The van der Waals surface area contributed by atoms with Crippen molar-refractivity contribution in [1.29, 1.82) is 0 Å². The van der Waals surface area contributed by atoms with Gasteiger partial charge in [0.15, 0.2) is 8.07 Å². The van der Waals surface area contributed by atoms with E-state index in [4.69, 9.17) is 9.97 Å². The lowest BCUT2D eigenvalue weighted by atomic mass is 10.0. The van der Waals surface area contributed by atoms with Crippen LogP contribution in [0.15, 0.2) is 0 Å². The molecule has 0 saturated carbocycles. The molecule has 1 unspecified atom stereocenters. The number of aryl methyl sites for hydroxylation is 2. The first-order valence-corrected chi connectivity index (χ1v) is 12.8. The fourth-order valence-corrected chi connectivity index (χ4v) is 11.9. The van der Waals surface area contributed by atoms with Gasteiger partial charge in [0.25, 0.3) is 0 Å². The molecule has 0 saturated heterocycles. The predicted octanol–water partition coefficient (Wildman–Crippen LogP) is 4.61. The first-order valence-electron chi connectivity index (χ1n) is 8.45. The Morgan fingerprint density at radius 1 is 1.00 bits per heavy atom. The maximum absolute atomic E-state index is 4.98. The Balaban J connectivity index is 2.00. The fraction of sp³-hybridized carbons (Fsp3) is 0.647. The first-order chi connectivity index (χ1) is 10.5. The molecule has 22 heavy (non-hydrogen) atoms. The van der Waals surface area contributed by atoms with E-state index in [2.05, 4.69) is 34.2 Å². The second kappa shape index (κ2) is 6.17. The highest BCUT2D eigenvalue weighted by Crippen LogP contribution is 2.39. The second-order valence-corrected chi connectivity index (χ2v) is 13.2. The molecule has 0 bridgehead atoms. The smallest absolute Gasteiger partial charge is 0.165 e. The molecule has 0 spiro atoms. The van der Waals surface area contributed by atoms with Gasteiger partial charge in [-0.3, -0.25) is 9.97 Å². The summed E-state index contributed by atoms with van der Waals surface area (Å²) in [5, 5.41) is 5.33. The minimum atomic E-state index is -1.72. The van der Waals surface area contributed by atoms with Crippen LogP contribution >= 0.6 is 22.7 Å². The Morgan fingerprint density at radius 2 is 1.55 bits per heavy atom. The standard InChI is InChI=1S/C17H26N2S2Si/c1-6-8-9-13(7-2)10-22(5)16-14(20-11(3)18-16)15-17(22)19-12(4)21-15/h13H,6-10H2,1-5H3. The Hall–Kier alpha value is -0.523. The number of hydrogen-bond donors (Lipinski definition) is 0. The van der Waals surface area contributed by atoms with Gasteiger partial charge >= 0.3 is 0 Å². The summed E-state index contributed by atoms with van der Waals surface area (Å²) in [6.07, 6.45) is 5.32. The van der Waals surface area contributed by atoms with Gasteiger partial charge in [0.2, 0.25) is 0 Å². The van der Waals surface area contributed by atoms with Gasteiger partial charge < -0.3 is 0 Å². The maximum atomic E-state index is 4.98. The van der Waals surface area contributed by atoms with E-state index in [9.17, 15) is 0 Å². The van der Waals surface area contributed by atoms with Gasteiger partial charge in [-0.1, -0.05) is 46.1 Å². The van der Waals surface area contributed by atoms with Crippen LogP contribution in [0.4, 0.5) is 0 Å². The molecule has 3 rings (SSSR count). The summed E-state index contributed by atoms with van der Waals surface area (Å²) in [4.78, 5) is 12.9. The summed E-state index contributed by atoms with van der Waals surface area (Å²) in [5.41, 5.74) is 0. The Morgan fingerprint density at radius 3 is 2.00 bits per heavy atom. The van der Waals surface area contributed by atoms with Gasteiger partial charge in [0, 0.05) is 0 Å². The highest BCUT2D eigenvalue weighted by molar-refractivity contribution is 7.28. The number of unbranched alkanes of at least 4 members (excludes halogenated alkanes) is 1. The minimum Gasteiger partial charge on any atom is -0.250 e. The molecule has 0 N–H and O–H groups in total. The number of rotatable bonds is 6. The summed E-state index contributed by atoms with van der Waals surface area (Å²) >= 11 is 3.76. The van der Waals surface area contributed by atoms with Crippen molar-refractivity contribution in [2.75, 3.05) is 0 Å². The van der Waals surface area contributed by atoms with Crippen molar-refractivity contribution >= 4 is 41.4 Å². The normalized spacial score (nSPS) is 16.6. The number of thiazole rings is 2.